The number of nitrogens with one attached hydrogen (secondary N) is 1. The van der Waals surface area contributed by atoms with E-state index >= 15 is 0 Å². The van der Waals surface area contributed by atoms with Crippen molar-refractivity contribution in [1.29, 1.82) is 0 Å². The third-order valence-corrected chi connectivity index (χ3v) is 3.58. The Morgan fingerprint density at radius 1 is 0.952 bits per heavy atom. The van der Waals surface area contributed by atoms with Gasteiger partial charge in [0, 0.05) is 6.04 Å². The first-order valence-electron chi connectivity index (χ1n) is 7.83. The minimum absolute atomic E-state index is 0.438. The molecule has 0 saturated carbocycles. The fourth-order valence-corrected chi connectivity index (χ4v) is 2.35. The Morgan fingerprint density at radius 2 is 1.67 bits per heavy atom. The summed E-state index contributed by atoms with van der Waals surface area (Å²) >= 11 is 0. The van der Waals surface area contributed by atoms with Crippen LogP contribution in [0.2, 0.25) is 0 Å². The number of rotatable bonds is 8. The van der Waals surface area contributed by atoms with Crippen LogP contribution in [0.3, 0.4) is 0 Å². The number of ether oxygens (including phenoxy) is 1. The van der Waals surface area contributed by atoms with Crippen molar-refractivity contribution >= 4 is 0 Å². The van der Waals surface area contributed by atoms with Crippen LogP contribution in [0.1, 0.15) is 43.9 Å². The van der Waals surface area contributed by atoms with Gasteiger partial charge in [0.2, 0.25) is 0 Å². The predicted octanol–water partition coefficient (Wildman–Crippen LogP) is 4.72. The molecule has 0 spiro atoms. The molecule has 2 heteroatoms. The Hall–Kier alpha value is -1.80. The van der Waals surface area contributed by atoms with Crippen molar-refractivity contribution in [3.05, 3.63) is 65.7 Å². The minimum atomic E-state index is 0.438. The van der Waals surface area contributed by atoms with E-state index in [-0.39, 0.29) is 0 Å². The average molecular weight is 283 g/mol. The maximum Gasteiger partial charge on any atom is 0.119 e. The first kappa shape index (κ1) is 15.6. The maximum absolute atomic E-state index is 5.82. The number of benzene rings is 2. The summed E-state index contributed by atoms with van der Waals surface area (Å²) in [7, 11) is 0. The highest BCUT2D eigenvalue weighted by Crippen LogP contribution is 2.21. The quantitative estimate of drug-likeness (QED) is 0.757. The molecule has 0 aliphatic carbocycles. The third kappa shape index (κ3) is 4.91. The Balaban J connectivity index is 1.92. The molecule has 0 radical (unpaired) electrons. The second-order valence-corrected chi connectivity index (χ2v) is 5.26. The minimum Gasteiger partial charge on any atom is -0.489 e. The smallest absolute Gasteiger partial charge is 0.119 e. The van der Waals surface area contributed by atoms with Crippen molar-refractivity contribution in [3.63, 3.8) is 0 Å². The second-order valence-electron chi connectivity index (χ2n) is 5.26. The second kappa shape index (κ2) is 8.48. The monoisotopic (exact) mass is 283 g/mol. The van der Waals surface area contributed by atoms with Gasteiger partial charge in [0.1, 0.15) is 12.4 Å². The summed E-state index contributed by atoms with van der Waals surface area (Å²) < 4.78 is 5.82. The zero-order valence-electron chi connectivity index (χ0n) is 13.0. The molecule has 1 N–H and O–H groups in total. The highest BCUT2D eigenvalue weighted by atomic mass is 16.5. The Morgan fingerprint density at radius 3 is 2.29 bits per heavy atom. The fraction of sp³-hybridized carbons (Fsp3) is 0.368. The molecule has 0 bridgehead atoms. The van der Waals surface area contributed by atoms with Gasteiger partial charge in [0.25, 0.3) is 0 Å². The molecule has 2 nitrogen and oxygen atoms in total. The summed E-state index contributed by atoms with van der Waals surface area (Å²) in [5, 5.41) is 3.57. The molecule has 0 heterocycles. The summed E-state index contributed by atoms with van der Waals surface area (Å²) in [4.78, 5) is 0. The van der Waals surface area contributed by atoms with Crippen LogP contribution in [0.15, 0.2) is 54.6 Å². The molecule has 0 aliphatic heterocycles. The topological polar surface area (TPSA) is 21.3 Å². The van der Waals surface area contributed by atoms with E-state index < -0.39 is 0 Å². The van der Waals surface area contributed by atoms with E-state index in [0.717, 1.165) is 25.1 Å². The molecular formula is C19H25NO. The first-order valence-corrected chi connectivity index (χ1v) is 7.83. The fourth-order valence-electron chi connectivity index (χ4n) is 2.35. The number of hydrogen-bond acceptors (Lipinski definition) is 2. The highest BCUT2D eigenvalue weighted by molar-refractivity contribution is 5.29. The van der Waals surface area contributed by atoms with Crippen LogP contribution in [0.25, 0.3) is 0 Å². The van der Waals surface area contributed by atoms with Gasteiger partial charge >= 0.3 is 0 Å². The van der Waals surface area contributed by atoms with E-state index in [2.05, 4.69) is 55.6 Å². The van der Waals surface area contributed by atoms with E-state index in [4.69, 9.17) is 4.74 Å². The standard InChI is InChI=1S/C19H25NO/c1-3-14-20-19(4-2)17-10-12-18(13-11-17)21-15-16-8-6-5-7-9-16/h5-13,19-20H,3-4,14-15H2,1-2H3/t19-/m1/s1. The van der Waals surface area contributed by atoms with E-state index in [9.17, 15) is 0 Å². The molecule has 0 saturated heterocycles. The molecule has 2 aromatic carbocycles. The average Bonchev–Trinajstić information content (AvgIpc) is 2.56. The van der Waals surface area contributed by atoms with Gasteiger partial charge in [-0.2, -0.15) is 0 Å². The summed E-state index contributed by atoms with van der Waals surface area (Å²) in [5.74, 6) is 0.924. The maximum atomic E-state index is 5.82. The van der Waals surface area contributed by atoms with Gasteiger partial charge in [-0.25, -0.2) is 0 Å². The Kier molecular flexibility index (Phi) is 6.29. The van der Waals surface area contributed by atoms with E-state index in [1.165, 1.54) is 11.1 Å². The van der Waals surface area contributed by atoms with Crippen molar-refractivity contribution in [1.82, 2.24) is 5.32 Å². The van der Waals surface area contributed by atoms with Crippen LogP contribution < -0.4 is 10.1 Å². The largest absolute Gasteiger partial charge is 0.489 e. The van der Waals surface area contributed by atoms with Crippen molar-refractivity contribution in [2.45, 2.75) is 39.3 Å². The zero-order valence-corrected chi connectivity index (χ0v) is 13.0. The van der Waals surface area contributed by atoms with Gasteiger partial charge in [-0.1, -0.05) is 56.3 Å². The van der Waals surface area contributed by atoms with Gasteiger partial charge in [-0.05, 0) is 42.6 Å². The van der Waals surface area contributed by atoms with E-state index in [1.807, 2.05) is 18.2 Å². The summed E-state index contributed by atoms with van der Waals surface area (Å²) in [6.45, 7) is 6.09. The van der Waals surface area contributed by atoms with E-state index in [0.29, 0.717) is 12.6 Å². The number of hydrogen-bond donors (Lipinski definition) is 1. The summed E-state index contributed by atoms with van der Waals surface area (Å²) in [6.07, 6.45) is 2.26. The molecule has 2 rings (SSSR count). The van der Waals surface area contributed by atoms with Crippen molar-refractivity contribution < 1.29 is 4.74 Å². The molecule has 2 aromatic rings. The van der Waals surface area contributed by atoms with Gasteiger partial charge < -0.3 is 10.1 Å². The predicted molar refractivity (Wildman–Crippen MR) is 88.5 cm³/mol. The molecule has 0 aliphatic rings. The normalized spacial score (nSPS) is 12.1. The molecule has 0 fully saturated rings. The lowest BCUT2D eigenvalue weighted by Crippen LogP contribution is -2.21. The van der Waals surface area contributed by atoms with Gasteiger partial charge in [0.05, 0.1) is 0 Å². The van der Waals surface area contributed by atoms with Crippen LogP contribution >= 0.6 is 0 Å². The van der Waals surface area contributed by atoms with Crippen molar-refractivity contribution in [3.8, 4) is 5.75 Å². The highest BCUT2D eigenvalue weighted by Gasteiger charge is 2.07. The van der Waals surface area contributed by atoms with Crippen LogP contribution in [0.4, 0.5) is 0 Å². The van der Waals surface area contributed by atoms with E-state index in [1.54, 1.807) is 0 Å². The molecule has 1 atom stereocenters. The zero-order chi connectivity index (χ0) is 14.9. The van der Waals surface area contributed by atoms with Gasteiger partial charge in [-0.15, -0.1) is 0 Å². The Bertz CT molecular complexity index is 507. The van der Waals surface area contributed by atoms with Crippen molar-refractivity contribution in [2.75, 3.05) is 6.54 Å². The van der Waals surface area contributed by atoms with Gasteiger partial charge in [-0.3, -0.25) is 0 Å². The van der Waals surface area contributed by atoms with Crippen LogP contribution in [0, 0.1) is 0 Å². The summed E-state index contributed by atoms with van der Waals surface area (Å²) in [6, 6.07) is 19.1. The molecule has 0 amide bonds. The van der Waals surface area contributed by atoms with Crippen LogP contribution in [-0.2, 0) is 6.61 Å². The van der Waals surface area contributed by atoms with Gasteiger partial charge in [0.15, 0.2) is 0 Å². The first-order chi connectivity index (χ1) is 10.3. The molecule has 0 unspecified atom stereocenters. The molecule has 112 valence electrons. The lowest BCUT2D eigenvalue weighted by atomic mass is 10.0. The SMILES string of the molecule is CCCN[C@H](CC)c1ccc(OCc2ccccc2)cc1. The molecule has 0 aromatic heterocycles. The van der Waals surface area contributed by atoms with Crippen LogP contribution in [0.5, 0.6) is 5.75 Å². The molecule has 21 heavy (non-hydrogen) atoms. The summed E-state index contributed by atoms with van der Waals surface area (Å²) in [5.41, 5.74) is 2.52. The molecular weight excluding hydrogens is 258 g/mol. The lowest BCUT2D eigenvalue weighted by molar-refractivity contribution is 0.306. The Labute approximate surface area is 128 Å². The van der Waals surface area contributed by atoms with Crippen molar-refractivity contribution in [2.24, 2.45) is 0 Å². The van der Waals surface area contributed by atoms with Crippen LogP contribution in [-0.4, -0.2) is 6.54 Å². The third-order valence-electron chi connectivity index (χ3n) is 3.58. The lowest BCUT2D eigenvalue weighted by Gasteiger charge is -2.17.